The van der Waals surface area contributed by atoms with Crippen LogP contribution in [0.15, 0.2) is 18.2 Å². The molecule has 3 rings (SSSR count). The van der Waals surface area contributed by atoms with E-state index in [0.29, 0.717) is 6.04 Å². The molecule has 0 bridgehead atoms. The van der Waals surface area contributed by atoms with Crippen molar-refractivity contribution in [2.75, 3.05) is 13.1 Å². The third kappa shape index (κ3) is 3.23. The molecule has 0 spiro atoms. The molecule has 0 radical (unpaired) electrons. The number of hydrogen-bond donors (Lipinski definition) is 1. The molecule has 1 aromatic carbocycles. The van der Waals surface area contributed by atoms with E-state index >= 15 is 0 Å². The van der Waals surface area contributed by atoms with E-state index in [-0.39, 0.29) is 11.6 Å². The lowest BCUT2D eigenvalue weighted by molar-refractivity contribution is 0.0931. The second kappa shape index (κ2) is 6.10. The molecule has 2 fully saturated rings. The number of nitrogens with one attached hydrogen (secondary N) is 1. The summed E-state index contributed by atoms with van der Waals surface area (Å²) in [4.78, 5) is 14.5. The van der Waals surface area contributed by atoms with Crippen LogP contribution >= 0.6 is 0 Å². The zero-order chi connectivity index (χ0) is 14.8. The lowest BCUT2D eigenvalue weighted by atomic mass is 10.1. The van der Waals surface area contributed by atoms with Gasteiger partial charge in [0.05, 0.1) is 5.56 Å². The fourth-order valence-corrected chi connectivity index (χ4v) is 3.44. The van der Waals surface area contributed by atoms with Gasteiger partial charge in [0.2, 0.25) is 0 Å². The van der Waals surface area contributed by atoms with Gasteiger partial charge in [-0.1, -0.05) is 12.8 Å². The highest BCUT2D eigenvalue weighted by molar-refractivity contribution is 5.94. The minimum absolute atomic E-state index is 0.0285. The van der Waals surface area contributed by atoms with Crippen molar-refractivity contribution in [2.45, 2.75) is 44.2 Å². The maximum absolute atomic E-state index is 13.6. The molecule has 1 aromatic rings. The van der Waals surface area contributed by atoms with Crippen LogP contribution in [0.1, 0.15) is 42.5 Å². The Hall–Kier alpha value is -1.49. The van der Waals surface area contributed by atoms with Crippen molar-refractivity contribution in [3.05, 3.63) is 35.4 Å². The van der Waals surface area contributed by atoms with Crippen LogP contribution in [0.2, 0.25) is 0 Å². The van der Waals surface area contributed by atoms with Gasteiger partial charge in [-0.25, -0.2) is 8.78 Å². The Bertz CT molecular complexity index is 529. The van der Waals surface area contributed by atoms with E-state index in [1.165, 1.54) is 25.7 Å². The van der Waals surface area contributed by atoms with Gasteiger partial charge in [0, 0.05) is 25.2 Å². The van der Waals surface area contributed by atoms with E-state index < -0.39 is 17.5 Å². The number of carbonyl (C=O) groups is 1. The number of hydrogen-bond acceptors (Lipinski definition) is 2. The molecule has 1 atom stereocenters. The first kappa shape index (κ1) is 14.4. The Labute approximate surface area is 123 Å². The average molecular weight is 294 g/mol. The number of nitrogens with zero attached hydrogens (tertiary/aromatic N) is 1. The Balaban J connectivity index is 1.59. The van der Waals surface area contributed by atoms with E-state index in [9.17, 15) is 13.6 Å². The molecule has 1 aliphatic heterocycles. The van der Waals surface area contributed by atoms with Crippen LogP contribution in [-0.4, -0.2) is 36.0 Å². The van der Waals surface area contributed by atoms with Crippen molar-refractivity contribution < 1.29 is 13.6 Å². The second-order valence-corrected chi connectivity index (χ2v) is 6.02. The molecule has 1 unspecified atom stereocenters. The van der Waals surface area contributed by atoms with Crippen LogP contribution < -0.4 is 5.32 Å². The molecule has 21 heavy (non-hydrogen) atoms. The lowest BCUT2D eigenvalue weighted by Gasteiger charge is -2.23. The molecule has 5 heteroatoms. The highest BCUT2D eigenvalue weighted by atomic mass is 19.1. The predicted molar refractivity (Wildman–Crippen MR) is 76.1 cm³/mol. The Kier molecular flexibility index (Phi) is 4.19. The van der Waals surface area contributed by atoms with Gasteiger partial charge in [0.15, 0.2) is 0 Å². The lowest BCUT2D eigenvalue weighted by Crippen LogP contribution is -2.39. The summed E-state index contributed by atoms with van der Waals surface area (Å²) in [6, 6.07) is 3.63. The van der Waals surface area contributed by atoms with Crippen molar-refractivity contribution in [3.8, 4) is 0 Å². The summed E-state index contributed by atoms with van der Waals surface area (Å²) >= 11 is 0. The van der Waals surface area contributed by atoms with Gasteiger partial charge in [-0.15, -0.1) is 0 Å². The van der Waals surface area contributed by atoms with Gasteiger partial charge in [-0.3, -0.25) is 9.69 Å². The molecule has 1 aliphatic carbocycles. The van der Waals surface area contributed by atoms with Crippen LogP contribution in [0.25, 0.3) is 0 Å². The Morgan fingerprint density at radius 2 is 1.95 bits per heavy atom. The molecule has 1 saturated heterocycles. The largest absolute Gasteiger partial charge is 0.348 e. The smallest absolute Gasteiger partial charge is 0.254 e. The van der Waals surface area contributed by atoms with E-state index in [4.69, 9.17) is 0 Å². The van der Waals surface area contributed by atoms with Crippen LogP contribution in [0, 0.1) is 11.6 Å². The van der Waals surface area contributed by atoms with Crippen molar-refractivity contribution in [1.29, 1.82) is 0 Å². The summed E-state index contributed by atoms with van der Waals surface area (Å²) in [6.45, 7) is 1.79. The molecule has 1 amide bonds. The summed E-state index contributed by atoms with van der Waals surface area (Å²) in [5.41, 5.74) is -0.214. The molecule has 114 valence electrons. The van der Waals surface area contributed by atoms with Crippen LogP contribution in [-0.2, 0) is 0 Å². The second-order valence-electron chi connectivity index (χ2n) is 6.02. The summed E-state index contributed by atoms with van der Waals surface area (Å²) in [5.74, 6) is -1.80. The first-order valence-electron chi connectivity index (χ1n) is 7.63. The average Bonchev–Trinajstić information content (AvgIpc) is 3.11. The van der Waals surface area contributed by atoms with Crippen molar-refractivity contribution in [1.82, 2.24) is 10.2 Å². The zero-order valence-electron chi connectivity index (χ0n) is 11.9. The monoisotopic (exact) mass is 294 g/mol. The van der Waals surface area contributed by atoms with Gasteiger partial charge in [-0.05, 0) is 37.5 Å². The maximum Gasteiger partial charge on any atom is 0.254 e. The summed E-state index contributed by atoms with van der Waals surface area (Å²) in [5, 5.41) is 2.83. The minimum atomic E-state index is -0.681. The van der Waals surface area contributed by atoms with Crippen LogP contribution in [0.4, 0.5) is 8.78 Å². The molecular formula is C16H20F2N2O. The third-order valence-electron chi connectivity index (χ3n) is 4.57. The van der Waals surface area contributed by atoms with Gasteiger partial charge in [-0.2, -0.15) is 0 Å². The number of likely N-dealkylation sites (tertiary alicyclic amines) is 1. The number of carbonyl (C=O) groups excluding carboxylic acids is 1. The van der Waals surface area contributed by atoms with E-state index in [0.717, 1.165) is 37.7 Å². The molecule has 1 saturated carbocycles. The summed E-state index contributed by atoms with van der Waals surface area (Å²) < 4.78 is 26.7. The Morgan fingerprint density at radius 1 is 1.19 bits per heavy atom. The van der Waals surface area contributed by atoms with E-state index in [1.807, 2.05) is 0 Å². The number of benzene rings is 1. The van der Waals surface area contributed by atoms with Crippen molar-refractivity contribution in [3.63, 3.8) is 0 Å². The molecule has 1 heterocycles. The normalized spacial score (nSPS) is 23.6. The zero-order valence-corrected chi connectivity index (χ0v) is 11.9. The van der Waals surface area contributed by atoms with Gasteiger partial charge >= 0.3 is 0 Å². The number of halogens is 2. The van der Waals surface area contributed by atoms with Crippen LogP contribution in [0.3, 0.4) is 0 Å². The first-order valence-corrected chi connectivity index (χ1v) is 7.63. The van der Waals surface area contributed by atoms with Crippen molar-refractivity contribution >= 4 is 5.91 Å². The maximum atomic E-state index is 13.6. The third-order valence-corrected chi connectivity index (χ3v) is 4.57. The summed E-state index contributed by atoms with van der Waals surface area (Å²) in [7, 11) is 0. The summed E-state index contributed by atoms with van der Waals surface area (Å²) in [6.07, 6.45) is 5.91. The number of rotatable bonds is 3. The fraction of sp³-hybridized carbons (Fsp3) is 0.562. The van der Waals surface area contributed by atoms with E-state index in [2.05, 4.69) is 10.2 Å². The first-order chi connectivity index (χ1) is 10.1. The molecule has 1 N–H and O–H groups in total. The molecule has 0 aromatic heterocycles. The minimum Gasteiger partial charge on any atom is -0.348 e. The van der Waals surface area contributed by atoms with Gasteiger partial charge in [0.25, 0.3) is 5.91 Å². The van der Waals surface area contributed by atoms with Gasteiger partial charge < -0.3 is 5.32 Å². The predicted octanol–water partition coefficient (Wildman–Crippen LogP) is 2.71. The SMILES string of the molecule is O=C(NC1CCN(C2CCCC2)C1)c1cc(F)ccc1F. The molecule has 2 aliphatic rings. The van der Waals surface area contributed by atoms with E-state index in [1.54, 1.807) is 0 Å². The molecular weight excluding hydrogens is 274 g/mol. The highest BCUT2D eigenvalue weighted by Gasteiger charge is 2.31. The Morgan fingerprint density at radius 3 is 2.71 bits per heavy atom. The topological polar surface area (TPSA) is 32.3 Å². The van der Waals surface area contributed by atoms with Crippen LogP contribution in [0.5, 0.6) is 0 Å². The highest BCUT2D eigenvalue weighted by Crippen LogP contribution is 2.26. The fourth-order valence-electron chi connectivity index (χ4n) is 3.44. The quantitative estimate of drug-likeness (QED) is 0.929. The van der Waals surface area contributed by atoms with Crippen molar-refractivity contribution in [2.24, 2.45) is 0 Å². The van der Waals surface area contributed by atoms with Gasteiger partial charge in [0.1, 0.15) is 11.6 Å². The standard InChI is InChI=1S/C16H20F2N2O/c17-11-5-6-15(18)14(9-11)16(21)19-12-7-8-20(10-12)13-3-1-2-4-13/h5-6,9,12-13H,1-4,7-8,10H2,(H,19,21). The molecule has 3 nitrogen and oxygen atoms in total. The number of amides is 1.